The molecule has 41 heavy (non-hydrogen) atoms. The molecule has 0 saturated carbocycles. The number of benzene rings is 5. The molecule has 0 aliphatic heterocycles. The van der Waals surface area contributed by atoms with Crippen molar-refractivity contribution in [1.29, 1.82) is 5.26 Å². The molecule has 3 aromatic heterocycles. The molecule has 0 atom stereocenters. The van der Waals surface area contributed by atoms with E-state index in [0.717, 1.165) is 60.8 Å². The van der Waals surface area contributed by atoms with E-state index in [-0.39, 0.29) is 0 Å². The van der Waals surface area contributed by atoms with Crippen LogP contribution in [0.4, 0.5) is 0 Å². The standard InChI is InChI=1S/C37H22N4/c38-23-24-10-12-25(13-11-24)26-14-16-30-31-17-15-27(22-35(31)41(34(30)21-26)29-7-2-1-3-8-29)33-20-28-6-4-18-39-36(28)37-32(33)9-5-19-40-37/h1-22H. The highest BCUT2D eigenvalue weighted by molar-refractivity contribution is 6.14. The summed E-state index contributed by atoms with van der Waals surface area (Å²) in [6.45, 7) is 0. The summed E-state index contributed by atoms with van der Waals surface area (Å²) in [6.07, 6.45) is 3.66. The average Bonchev–Trinajstić information content (AvgIpc) is 3.37. The molecule has 8 rings (SSSR count). The van der Waals surface area contributed by atoms with E-state index in [4.69, 9.17) is 4.98 Å². The van der Waals surface area contributed by atoms with Crippen LogP contribution >= 0.6 is 0 Å². The van der Waals surface area contributed by atoms with Gasteiger partial charge >= 0.3 is 0 Å². The number of hydrogen-bond acceptors (Lipinski definition) is 3. The summed E-state index contributed by atoms with van der Waals surface area (Å²) in [5.41, 5.74) is 10.3. The van der Waals surface area contributed by atoms with Crippen LogP contribution in [0.2, 0.25) is 0 Å². The third-order valence-electron chi connectivity index (χ3n) is 7.90. The third kappa shape index (κ3) is 3.68. The van der Waals surface area contributed by atoms with Gasteiger partial charge in [0, 0.05) is 39.6 Å². The fraction of sp³-hybridized carbons (Fsp3) is 0. The molecule has 0 aliphatic carbocycles. The number of nitrogens with zero attached hydrogens (tertiary/aromatic N) is 4. The van der Waals surface area contributed by atoms with Crippen LogP contribution in [0, 0.1) is 11.3 Å². The predicted molar refractivity (Wildman–Crippen MR) is 167 cm³/mol. The van der Waals surface area contributed by atoms with Gasteiger partial charge < -0.3 is 4.57 Å². The Morgan fingerprint density at radius 3 is 1.95 bits per heavy atom. The lowest BCUT2D eigenvalue weighted by Crippen LogP contribution is -1.94. The number of aromatic nitrogens is 3. The van der Waals surface area contributed by atoms with E-state index >= 15 is 0 Å². The third-order valence-corrected chi connectivity index (χ3v) is 7.90. The molecule has 5 aromatic carbocycles. The first-order valence-corrected chi connectivity index (χ1v) is 13.6. The van der Waals surface area contributed by atoms with Crippen LogP contribution in [0.25, 0.3) is 71.6 Å². The molecule has 8 aromatic rings. The predicted octanol–water partition coefficient (Wildman–Crippen LogP) is 9.09. The van der Waals surface area contributed by atoms with Gasteiger partial charge in [0.2, 0.25) is 0 Å². The summed E-state index contributed by atoms with van der Waals surface area (Å²) in [5, 5.41) is 13.8. The first kappa shape index (κ1) is 23.1. The van der Waals surface area contributed by atoms with Gasteiger partial charge in [-0.3, -0.25) is 9.97 Å². The van der Waals surface area contributed by atoms with Crippen LogP contribution in [-0.2, 0) is 0 Å². The molecule has 0 radical (unpaired) electrons. The van der Waals surface area contributed by atoms with Gasteiger partial charge in [0.1, 0.15) is 0 Å². The first-order valence-electron chi connectivity index (χ1n) is 13.6. The highest BCUT2D eigenvalue weighted by Gasteiger charge is 2.16. The monoisotopic (exact) mass is 522 g/mol. The number of para-hydroxylation sites is 1. The van der Waals surface area contributed by atoms with E-state index in [9.17, 15) is 5.26 Å². The van der Waals surface area contributed by atoms with Gasteiger partial charge in [-0.05, 0) is 76.9 Å². The van der Waals surface area contributed by atoms with Gasteiger partial charge in [-0.2, -0.15) is 5.26 Å². The van der Waals surface area contributed by atoms with E-state index in [1.165, 1.54) is 10.8 Å². The highest BCUT2D eigenvalue weighted by atomic mass is 15.0. The Bertz CT molecular complexity index is 2310. The Morgan fingerprint density at radius 2 is 1.20 bits per heavy atom. The maximum Gasteiger partial charge on any atom is 0.0991 e. The van der Waals surface area contributed by atoms with Crippen molar-refractivity contribution in [2.45, 2.75) is 0 Å². The zero-order chi connectivity index (χ0) is 27.3. The second kappa shape index (κ2) is 9.15. The smallest absolute Gasteiger partial charge is 0.0991 e. The van der Waals surface area contributed by atoms with Crippen molar-refractivity contribution in [2.75, 3.05) is 0 Å². The van der Waals surface area contributed by atoms with Crippen LogP contribution < -0.4 is 0 Å². The minimum atomic E-state index is 0.660. The second-order valence-electron chi connectivity index (χ2n) is 10.2. The van der Waals surface area contributed by atoms with Crippen molar-refractivity contribution in [3.8, 4) is 34.0 Å². The van der Waals surface area contributed by atoms with Gasteiger partial charge in [0.15, 0.2) is 0 Å². The fourth-order valence-corrected chi connectivity index (χ4v) is 5.97. The van der Waals surface area contributed by atoms with Crippen LogP contribution in [0.3, 0.4) is 0 Å². The molecule has 4 nitrogen and oxygen atoms in total. The van der Waals surface area contributed by atoms with Crippen molar-refractivity contribution in [3.63, 3.8) is 0 Å². The van der Waals surface area contributed by atoms with Crippen molar-refractivity contribution >= 4 is 43.6 Å². The van der Waals surface area contributed by atoms with Crippen molar-refractivity contribution in [2.24, 2.45) is 0 Å². The largest absolute Gasteiger partial charge is 0.309 e. The molecule has 0 N–H and O–H groups in total. The Hall–Kier alpha value is -5.79. The molecule has 0 amide bonds. The van der Waals surface area contributed by atoms with Gasteiger partial charge in [-0.1, -0.05) is 66.7 Å². The number of fused-ring (bicyclic) bond motifs is 6. The van der Waals surface area contributed by atoms with Crippen LogP contribution in [0.15, 0.2) is 134 Å². The highest BCUT2D eigenvalue weighted by Crippen LogP contribution is 2.39. The van der Waals surface area contributed by atoms with Crippen molar-refractivity contribution < 1.29 is 0 Å². The number of hydrogen-bond donors (Lipinski definition) is 0. The Kier molecular flexibility index (Phi) is 5.16. The molecular weight excluding hydrogens is 500 g/mol. The quantitative estimate of drug-likeness (QED) is 0.217. The molecule has 0 unspecified atom stereocenters. The summed E-state index contributed by atoms with van der Waals surface area (Å²) in [7, 11) is 0. The van der Waals surface area contributed by atoms with Crippen molar-refractivity contribution in [1.82, 2.24) is 14.5 Å². The maximum atomic E-state index is 9.24. The summed E-state index contributed by atoms with van der Waals surface area (Å²) in [6, 6.07) is 44.3. The van der Waals surface area contributed by atoms with Gasteiger partial charge in [-0.15, -0.1) is 0 Å². The number of pyridine rings is 2. The second-order valence-corrected chi connectivity index (χ2v) is 10.2. The van der Waals surface area contributed by atoms with Crippen LogP contribution in [0.1, 0.15) is 5.56 Å². The van der Waals surface area contributed by atoms with E-state index in [0.29, 0.717) is 5.56 Å². The molecule has 0 fully saturated rings. The van der Waals surface area contributed by atoms with E-state index in [1.54, 1.807) is 0 Å². The van der Waals surface area contributed by atoms with E-state index < -0.39 is 0 Å². The van der Waals surface area contributed by atoms with Gasteiger partial charge in [0.05, 0.1) is 33.7 Å². The topological polar surface area (TPSA) is 54.5 Å². The Balaban J connectivity index is 1.41. The lowest BCUT2D eigenvalue weighted by molar-refractivity contribution is 1.18. The minimum absolute atomic E-state index is 0.660. The zero-order valence-corrected chi connectivity index (χ0v) is 22.0. The SMILES string of the molecule is N#Cc1ccc(-c2ccc3c4ccc(-c5cc6cccnc6c6ncccc56)cc4n(-c4ccccc4)c3c2)cc1. The molecule has 4 heteroatoms. The number of rotatable bonds is 3. The first-order chi connectivity index (χ1) is 20.3. The fourth-order valence-electron chi connectivity index (χ4n) is 5.97. The minimum Gasteiger partial charge on any atom is -0.309 e. The Morgan fingerprint density at radius 1 is 0.537 bits per heavy atom. The lowest BCUT2D eigenvalue weighted by Gasteiger charge is -2.12. The van der Waals surface area contributed by atoms with E-state index in [1.807, 2.05) is 54.9 Å². The van der Waals surface area contributed by atoms with E-state index in [2.05, 4.69) is 94.5 Å². The maximum absolute atomic E-state index is 9.24. The van der Waals surface area contributed by atoms with Crippen molar-refractivity contribution in [3.05, 3.63) is 139 Å². The normalized spacial score (nSPS) is 11.4. The summed E-state index contributed by atoms with van der Waals surface area (Å²) in [5.74, 6) is 0. The zero-order valence-electron chi connectivity index (χ0n) is 22.0. The summed E-state index contributed by atoms with van der Waals surface area (Å²) >= 11 is 0. The van der Waals surface area contributed by atoms with Gasteiger partial charge in [0.25, 0.3) is 0 Å². The van der Waals surface area contributed by atoms with Crippen LogP contribution in [-0.4, -0.2) is 14.5 Å². The molecular formula is C37H22N4. The van der Waals surface area contributed by atoms with Crippen LogP contribution in [0.5, 0.6) is 0 Å². The molecule has 0 saturated heterocycles. The molecule has 0 spiro atoms. The lowest BCUT2D eigenvalue weighted by atomic mass is 9.96. The van der Waals surface area contributed by atoms with Gasteiger partial charge in [-0.25, -0.2) is 0 Å². The molecule has 190 valence electrons. The molecule has 0 aliphatic rings. The average molecular weight is 523 g/mol. The molecule has 0 bridgehead atoms. The summed E-state index contributed by atoms with van der Waals surface area (Å²) in [4.78, 5) is 9.36. The molecule has 3 heterocycles. The summed E-state index contributed by atoms with van der Waals surface area (Å²) < 4.78 is 2.35. The number of nitriles is 1. The Labute approximate surface area is 236 Å².